The van der Waals surface area contributed by atoms with Crippen LogP contribution in [0.15, 0.2) is 54.6 Å². The number of hydrogen-bond donors (Lipinski definition) is 3. The van der Waals surface area contributed by atoms with Crippen LogP contribution in [-0.4, -0.2) is 34.8 Å². The molecule has 4 rings (SSSR count). The molecule has 1 unspecified atom stereocenters. The normalized spacial score (nSPS) is 21.4. The van der Waals surface area contributed by atoms with E-state index in [0.717, 1.165) is 29.1 Å². The molecule has 0 bridgehead atoms. The standard InChI is InChI=1S/C21H22N4O3/c1-21(14-7-8-14)19(27)25(20(28)24-21)13-18(26)23-17-11-9-16(10-12-17)22-15-5-3-2-4-6-15/h2-6,9-12,14,22H,7-8,13H2,1H3,(H,23,26)(H,24,28). The Kier molecular flexibility index (Phi) is 4.50. The van der Waals surface area contributed by atoms with Gasteiger partial charge in [-0.15, -0.1) is 0 Å². The van der Waals surface area contributed by atoms with Crippen LogP contribution in [0, 0.1) is 5.92 Å². The molecule has 3 N–H and O–H groups in total. The summed E-state index contributed by atoms with van der Waals surface area (Å²) in [6.45, 7) is 1.44. The predicted octanol–water partition coefficient (Wildman–Crippen LogP) is 3.09. The molecule has 0 radical (unpaired) electrons. The number of hydrogen-bond acceptors (Lipinski definition) is 4. The minimum absolute atomic E-state index is 0.168. The Morgan fingerprint density at radius 3 is 2.29 bits per heavy atom. The number of rotatable bonds is 6. The first-order chi connectivity index (χ1) is 13.5. The topological polar surface area (TPSA) is 90.5 Å². The molecule has 1 atom stereocenters. The van der Waals surface area contributed by atoms with Crippen LogP contribution in [0.1, 0.15) is 19.8 Å². The molecule has 1 saturated heterocycles. The summed E-state index contributed by atoms with van der Waals surface area (Å²) in [5.74, 6) is -0.563. The van der Waals surface area contributed by atoms with Gasteiger partial charge in [0.25, 0.3) is 5.91 Å². The number of carbonyl (C=O) groups excluding carboxylic acids is 3. The summed E-state index contributed by atoms with van der Waals surface area (Å²) in [6, 6.07) is 16.5. The lowest BCUT2D eigenvalue weighted by Gasteiger charge is -2.20. The summed E-state index contributed by atoms with van der Waals surface area (Å²) in [6.07, 6.45) is 1.85. The molecule has 1 aliphatic heterocycles. The zero-order chi connectivity index (χ0) is 19.7. The summed E-state index contributed by atoms with van der Waals surface area (Å²) in [5.41, 5.74) is 1.58. The van der Waals surface area contributed by atoms with Gasteiger partial charge in [0.15, 0.2) is 0 Å². The smallest absolute Gasteiger partial charge is 0.325 e. The Bertz CT molecular complexity index is 909. The van der Waals surface area contributed by atoms with Gasteiger partial charge in [0, 0.05) is 17.1 Å². The molecule has 0 spiro atoms. The molecule has 28 heavy (non-hydrogen) atoms. The van der Waals surface area contributed by atoms with Gasteiger partial charge in [0.2, 0.25) is 5.91 Å². The van der Waals surface area contributed by atoms with Crippen LogP contribution in [0.3, 0.4) is 0 Å². The third-order valence-corrected chi connectivity index (χ3v) is 5.23. The summed E-state index contributed by atoms with van der Waals surface area (Å²) in [5, 5.41) is 8.74. The Balaban J connectivity index is 1.35. The predicted molar refractivity (Wildman–Crippen MR) is 106 cm³/mol. The average Bonchev–Trinajstić information content (AvgIpc) is 3.50. The Labute approximate surface area is 163 Å². The van der Waals surface area contributed by atoms with Crippen molar-refractivity contribution >= 4 is 34.9 Å². The summed E-state index contributed by atoms with van der Waals surface area (Å²) in [7, 11) is 0. The van der Waals surface area contributed by atoms with Crippen molar-refractivity contribution in [3.63, 3.8) is 0 Å². The molecule has 2 aromatic carbocycles. The SMILES string of the molecule is CC1(C2CC2)NC(=O)N(CC(=O)Nc2ccc(Nc3ccccc3)cc2)C1=O. The van der Waals surface area contributed by atoms with Crippen LogP contribution < -0.4 is 16.0 Å². The van der Waals surface area contributed by atoms with Crippen LogP contribution in [-0.2, 0) is 9.59 Å². The van der Waals surface area contributed by atoms with Crippen molar-refractivity contribution in [2.75, 3.05) is 17.2 Å². The number of nitrogens with zero attached hydrogens (tertiary/aromatic N) is 1. The second kappa shape index (κ2) is 6.99. The lowest BCUT2D eigenvalue weighted by atomic mass is 9.96. The highest BCUT2D eigenvalue weighted by atomic mass is 16.2. The fourth-order valence-corrected chi connectivity index (χ4v) is 3.47. The van der Waals surface area contributed by atoms with E-state index in [1.54, 1.807) is 19.1 Å². The van der Waals surface area contributed by atoms with E-state index in [1.807, 2.05) is 42.5 Å². The molecule has 1 saturated carbocycles. The van der Waals surface area contributed by atoms with Crippen molar-refractivity contribution in [1.29, 1.82) is 0 Å². The second-order valence-corrected chi connectivity index (χ2v) is 7.41. The number of anilines is 3. The van der Waals surface area contributed by atoms with E-state index < -0.39 is 17.5 Å². The van der Waals surface area contributed by atoms with Crippen LogP contribution in [0.5, 0.6) is 0 Å². The quantitative estimate of drug-likeness (QED) is 0.674. The minimum Gasteiger partial charge on any atom is -0.356 e. The van der Waals surface area contributed by atoms with Crippen LogP contribution in [0.2, 0.25) is 0 Å². The molecule has 7 heteroatoms. The van der Waals surface area contributed by atoms with Crippen molar-refractivity contribution in [3.05, 3.63) is 54.6 Å². The van der Waals surface area contributed by atoms with E-state index in [-0.39, 0.29) is 18.4 Å². The largest absolute Gasteiger partial charge is 0.356 e. The number of para-hydroxylation sites is 1. The van der Waals surface area contributed by atoms with Crippen molar-refractivity contribution in [3.8, 4) is 0 Å². The van der Waals surface area contributed by atoms with Crippen molar-refractivity contribution in [2.24, 2.45) is 5.92 Å². The van der Waals surface area contributed by atoms with E-state index in [4.69, 9.17) is 0 Å². The molecule has 1 aliphatic carbocycles. The molecular formula is C21H22N4O3. The summed E-state index contributed by atoms with van der Waals surface area (Å²) < 4.78 is 0. The highest BCUT2D eigenvalue weighted by Crippen LogP contribution is 2.42. The van der Waals surface area contributed by atoms with Gasteiger partial charge in [-0.1, -0.05) is 18.2 Å². The first-order valence-corrected chi connectivity index (χ1v) is 9.32. The minimum atomic E-state index is -0.873. The second-order valence-electron chi connectivity index (χ2n) is 7.41. The fourth-order valence-electron chi connectivity index (χ4n) is 3.47. The van der Waals surface area contributed by atoms with E-state index >= 15 is 0 Å². The first-order valence-electron chi connectivity index (χ1n) is 9.32. The maximum absolute atomic E-state index is 12.6. The zero-order valence-corrected chi connectivity index (χ0v) is 15.6. The molecular weight excluding hydrogens is 356 g/mol. The Hall–Kier alpha value is -3.35. The van der Waals surface area contributed by atoms with Gasteiger partial charge >= 0.3 is 6.03 Å². The van der Waals surface area contributed by atoms with Gasteiger partial charge in [-0.3, -0.25) is 14.5 Å². The summed E-state index contributed by atoms with van der Waals surface area (Å²) in [4.78, 5) is 38.1. The van der Waals surface area contributed by atoms with E-state index in [1.165, 1.54) is 0 Å². The maximum Gasteiger partial charge on any atom is 0.325 e. The lowest BCUT2D eigenvalue weighted by Crippen LogP contribution is -2.46. The van der Waals surface area contributed by atoms with E-state index in [2.05, 4.69) is 16.0 Å². The van der Waals surface area contributed by atoms with Crippen LogP contribution >= 0.6 is 0 Å². The molecule has 1 heterocycles. The maximum atomic E-state index is 12.6. The van der Waals surface area contributed by atoms with Crippen molar-refractivity contribution in [1.82, 2.24) is 10.2 Å². The highest BCUT2D eigenvalue weighted by molar-refractivity contribution is 6.10. The van der Waals surface area contributed by atoms with Gasteiger partial charge in [-0.25, -0.2) is 4.79 Å². The number of urea groups is 1. The van der Waals surface area contributed by atoms with Gasteiger partial charge in [-0.05, 0) is 62.1 Å². The third-order valence-electron chi connectivity index (χ3n) is 5.23. The molecule has 2 aromatic rings. The van der Waals surface area contributed by atoms with E-state index in [9.17, 15) is 14.4 Å². The van der Waals surface area contributed by atoms with E-state index in [0.29, 0.717) is 5.69 Å². The summed E-state index contributed by atoms with van der Waals surface area (Å²) >= 11 is 0. The van der Waals surface area contributed by atoms with Crippen LogP contribution in [0.25, 0.3) is 0 Å². The molecule has 7 nitrogen and oxygen atoms in total. The number of benzene rings is 2. The third kappa shape index (κ3) is 3.55. The number of carbonyl (C=O) groups is 3. The molecule has 144 valence electrons. The monoisotopic (exact) mass is 378 g/mol. The molecule has 0 aromatic heterocycles. The first kappa shape index (κ1) is 18.0. The number of nitrogens with one attached hydrogen (secondary N) is 3. The zero-order valence-electron chi connectivity index (χ0n) is 15.6. The number of imide groups is 1. The van der Waals surface area contributed by atoms with Gasteiger partial charge in [0.05, 0.1) is 0 Å². The van der Waals surface area contributed by atoms with Gasteiger partial charge < -0.3 is 16.0 Å². The number of amides is 4. The fraction of sp³-hybridized carbons (Fsp3) is 0.286. The van der Waals surface area contributed by atoms with Crippen LogP contribution in [0.4, 0.5) is 21.9 Å². The molecule has 4 amide bonds. The molecule has 2 fully saturated rings. The van der Waals surface area contributed by atoms with Crippen molar-refractivity contribution in [2.45, 2.75) is 25.3 Å². The average molecular weight is 378 g/mol. The molecule has 2 aliphatic rings. The lowest BCUT2D eigenvalue weighted by molar-refractivity contribution is -0.134. The highest BCUT2D eigenvalue weighted by Gasteiger charge is 2.56. The Morgan fingerprint density at radius 2 is 1.64 bits per heavy atom. The van der Waals surface area contributed by atoms with Gasteiger partial charge in [0.1, 0.15) is 12.1 Å². The van der Waals surface area contributed by atoms with Gasteiger partial charge in [-0.2, -0.15) is 0 Å². The van der Waals surface area contributed by atoms with Crippen molar-refractivity contribution < 1.29 is 14.4 Å². The Morgan fingerprint density at radius 1 is 1.04 bits per heavy atom.